The molecule has 0 spiro atoms. The van der Waals surface area contributed by atoms with Crippen molar-refractivity contribution in [3.8, 4) is 0 Å². The molecule has 2 aromatic heterocycles. The van der Waals surface area contributed by atoms with E-state index in [1.165, 1.54) is 6.42 Å². The van der Waals surface area contributed by atoms with E-state index < -0.39 is 0 Å². The lowest BCUT2D eigenvalue weighted by Gasteiger charge is -2.31. The maximum Gasteiger partial charge on any atom is 0.255 e. The Kier molecular flexibility index (Phi) is 3.64. The summed E-state index contributed by atoms with van der Waals surface area (Å²) in [7, 11) is 0. The van der Waals surface area contributed by atoms with E-state index in [2.05, 4.69) is 15.4 Å². The molecule has 2 unspecified atom stereocenters. The number of amides is 1. The number of nitrogens with two attached hydrogens (primary N) is 1. The Morgan fingerprint density at radius 2 is 2.25 bits per heavy atom. The molecule has 106 valence electrons. The van der Waals surface area contributed by atoms with Crippen molar-refractivity contribution in [2.24, 2.45) is 11.7 Å². The summed E-state index contributed by atoms with van der Waals surface area (Å²) in [5.41, 5.74) is 7.10. The molecule has 0 saturated heterocycles. The summed E-state index contributed by atoms with van der Waals surface area (Å²) >= 11 is 0. The largest absolute Gasteiger partial charge is 0.349 e. The molecule has 0 aromatic carbocycles. The zero-order valence-corrected chi connectivity index (χ0v) is 11.3. The lowest BCUT2D eigenvalue weighted by Crippen LogP contribution is -2.44. The van der Waals surface area contributed by atoms with E-state index in [1.807, 2.05) is 0 Å². The topological polar surface area (TPSA) is 85.3 Å². The van der Waals surface area contributed by atoms with Crippen LogP contribution in [0.15, 0.2) is 24.8 Å². The van der Waals surface area contributed by atoms with Crippen LogP contribution in [0.4, 0.5) is 0 Å². The number of nitrogens with one attached hydrogen (secondary N) is 1. The van der Waals surface area contributed by atoms with Crippen LogP contribution in [0.3, 0.4) is 0 Å². The molecule has 3 N–H and O–H groups in total. The fourth-order valence-electron chi connectivity index (χ4n) is 2.94. The smallest absolute Gasteiger partial charge is 0.255 e. The molecule has 2 heterocycles. The number of fused-ring (bicyclic) bond motifs is 1. The first-order valence-electron chi connectivity index (χ1n) is 7.08. The van der Waals surface area contributed by atoms with E-state index in [1.54, 1.807) is 29.3 Å². The zero-order chi connectivity index (χ0) is 13.9. The second-order valence-electron chi connectivity index (χ2n) is 5.32. The van der Waals surface area contributed by atoms with Crippen LogP contribution in [-0.2, 0) is 0 Å². The number of carbonyl (C=O) groups is 1. The zero-order valence-electron chi connectivity index (χ0n) is 11.3. The lowest BCUT2D eigenvalue weighted by molar-refractivity contribution is 0.0909. The molecule has 1 aliphatic carbocycles. The number of nitrogens with zero attached hydrogens (tertiary/aromatic N) is 3. The van der Waals surface area contributed by atoms with Crippen LogP contribution in [-0.4, -0.2) is 33.1 Å². The highest BCUT2D eigenvalue weighted by Crippen LogP contribution is 2.24. The first kappa shape index (κ1) is 13.1. The van der Waals surface area contributed by atoms with E-state index >= 15 is 0 Å². The fourth-order valence-corrected chi connectivity index (χ4v) is 2.94. The minimum Gasteiger partial charge on any atom is -0.349 e. The molecule has 3 rings (SSSR count). The molecular weight excluding hydrogens is 254 g/mol. The number of hydrogen-bond acceptors (Lipinski definition) is 4. The summed E-state index contributed by atoms with van der Waals surface area (Å²) in [6, 6.07) is 0.174. The minimum atomic E-state index is -0.0849. The van der Waals surface area contributed by atoms with E-state index in [0.29, 0.717) is 18.0 Å². The standard InChI is InChI=1S/C14H19N5O/c15-7-10-3-1-2-4-12(10)18-14(20)11-8-17-19-6-5-16-9-13(11)19/h5-6,8-10,12H,1-4,7,15H2,(H,18,20). The van der Waals surface area contributed by atoms with Gasteiger partial charge in [-0.25, -0.2) is 4.52 Å². The second kappa shape index (κ2) is 5.58. The molecule has 0 radical (unpaired) electrons. The van der Waals surface area contributed by atoms with Gasteiger partial charge in [0.1, 0.15) is 0 Å². The van der Waals surface area contributed by atoms with Gasteiger partial charge in [0, 0.05) is 18.4 Å². The van der Waals surface area contributed by atoms with E-state index in [0.717, 1.165) is 24.8 Å². The normalized spacial score (nSPS) is 22.9. The monoisotopic (exact) mass is 273 g/mol. The molecule has 1 saturated carbocycles. The summed E-state index contributed by atoms with van der Waals surface area (Å²) in [4.78, 5) is 16.5. The van der Waals surface area contributed by atoms with Crippen LogP contribution in [0.1, 0.15) is 36.0 Å². The Morgan fingerprint density at radius 3 is 3.10 bits per heavy atom. The van der Waals surface area contributed by atoms with Crippen molar-refractivity contribution in [2.45, 2.75) is 31.7 Å². The van der Waals surface area contributed by atoms with Crippen molar-refractivity contribution >= 4 is 11.4 Å². The third-order valence-corrected chi connectivity index (χ3v) is 4.10. The maximum absolute atomic E-state index is 12.4. The van der Waals surface area contributed by atoms with Gasteiger partial charge in [0.2, 0.25) is 0 Å². The van der Waals surface area contributed by atoms with Crippen molar-refractivity contribution < 1.29 is 4.79 Å². The summed E-state index contributed by atoms with van der Waals surface area (Å²) in [5.74, 6) is 0.297. The fraction of sp³-hybridized carbons (Fsp3) is 0.500. The van der Waals surface area contributed by atoms with E-state index in [-0.39, 0.29) is 11.9 Å². The van der Waals surface area contributed by atoms with Crippen LogP contribution in [0.5, 0.6) is 0 Å². The summed E-state index contributed by atoms with van der Waals surface area (Å²) in [5, 5.41) is 7.28. The van der Waals surface area contributed by atoms with Gasteiger partial charge in [-0.2, -0.15) is 5.10 Å². The predicted octanol–water partition coefficient (Wildman–Crippen LogP) is 0.977. The molecule has 6 nitrogen and oxygen atoms in total. The first-order valence-corrected chi connectivity index (χ1v) is 7.08. The van der Waals surface area contributed by atoms with Crippen molar-refractivity contribution in [1.82, 2.24) is 19.9 Å². The average molecular weight is 273 g/mol. The number of hydrogen-bond donors (Lipinski definition) is 2. The Morgan fingerprint density at radius 1 is 1.40 bits per heavy atom. The van der Waals surface area contributed by atoms with Gasteiger partial charge in [0.15, 0.2) is 0 Å². The summed E-state index contributed by atoms with van der Waals surface area (Å²) in [6.07, 6.45) is 11.1. The number of carbonyl (C=O) groups excluding carboxylic acids is 1. The van der Waals surface area contributed by atoms with Crippen LogP contribution >= 0.6 is 0 Å². The van der Waals surface area contributed by atoms with Crippen molar-refractivity contribution in [2.75, 3.05) is 6.54 Å². The number of aromatic nitrogens is 3. The molecule has 20 heavy (non-hydrogen) atoms. The van der Waals surface area contributed by atoms with Gasteiger partial charge in [-0.15, -0.1) is 0 Å². The Labute approximate surface area is 117 Å². The lowest BCUT2D eigenvalue weighted by atomic mass is 9.84. The highest BCUT2D eigenvalue weighted by molar-refractivity contribution is 6.00. The molecular formula is C14H19N5O. The Bertz CT molecular complexity index is 608. The van der Waals surface area contributed by atoms with Gasteiger partial charge in [-0.3, -0.25) is 9.78 Å². The third kappa shape index (κ3) is 2.38. The first-order chi connectivity index (χ1) is 9.79. The Hall–Kier alpha value is -1.95. The molecule has 0 aliphatic heterocycles. The van der Waals surface area contributed by atoms with E-state index in [9.17, 15) is 4.79 Å². The molecule has 6 heteroatoms. The second-order valence-corrected chi connectivity index (χ2v) is 5.32. The molecule has 2 aromatic rings. The van der Waals surface area contributed by atoms with Crippen molar-refractivity contribution in [3.05, 3.63) is 30.4 Å². The van der Waals surface area contributed by atoms with Gasteiger partial charge in [0.25, 0.3) is 5.91 Å². The average Bonchev–Trinajstić information content (AvgIpc) is 2.92. The quantitative estimate of drug-likeness (QED) is 0.873. The third-order valence-electron chi connectivity index (χ3n) is 4.10. The van der Waals surface area contributed by atoms with E-state index in [4.69, 9.17) is 5.73 Å². The van der Waals surface area contributed by atoms with Gasteiger partial charge in [-0.1, -0.05) is 12.8 Å². The van der Waals surface area contributed by atoms with Gasteiger partial charge >= 0.3 is 0 Å². The summed E-state index contributed by atoms with van der Waals surface area (Å²) < 4.78 is 1.66. The predicted molar refractivity (Wildman–Crippen MR) is 75.3 cm³/mol. The Balaban J connectivity index is 1.78. The molecule has 0 bridgehead atoms. The van der Waals surface area contributed by atoms with Crippen molar-refractivity contribution in [1.29, 1.82) is 0 Å². The van der Waals surface area contributed by atoms with Crippen LogP contribution in [0.25, 0.3) is 5.52 Å². The van der Waals surface area contributed by atoms with Crippen molar-refractivity contribution in [3.63, 3.8) is 0 Å². The molecule has 1 aliphatic rings. The maximum atomic E-state index is 12.4. The SMILES string of the molecule is NCC1CCCCC1NC(=O)c1cnn2ccncc12. The molecule has 1 amide bonds. The summed E-state index contributed by atoms with van der Waals surface area (Å²) in [6.45, 7) is 0.626. The molecule has 2 atom stereocenters. The highest BCUT2D eigenvalue weighted by Gasteiger charge is 2.26. The highest BCUT2D eigenvalue weighted by atomic mass is 16.1. The van der Waals surface area contributed by atoms with Gasteiger partial charge in [-0.05, 0) is 25.3 Å². The van der Waals surface area contributed by atoms with Crippen LogP contribution < -0.4 is 11.1 Å². The van der Waals surface area contributed by atoms with Gasteiger partial charge < -0.3 is 11.1 Å². The van der Waals surface area contributed by atoms with Gasteiger partial charge in [0.05, 0.1) is 23.5 Å². The number of rotatable bonds is 3. The van der Waals surface area contributed by atoms with Crippen LogP contribution in [0.2, 0.25) is 0 Å². The minimum absolute atomic E-state index is 0.0849. The molecule has 1 fully saturated rings. The van der Waals surface area contributed by atoms with Crippen LogP contribution in [0, 0.1) is 5.92 Å².